The number of carbonyl (C=O) groups is 1. The molecule has 0 bridgehead atoms. The first-order chi connectivity index (χ1) is 13.7. The lowest BCUT2D eigenvalue weighted by Gasteiger charge is -2.16. The number of amides is 1. The van der Waals surface area contributed by atoms with Gasteiger partial charge in [0.2, 0.25) is 15.9 Å². The van der Waals surface area contributed by atoms with E-state index in [1.54, 1.807) is 12.1 Å². The Morgan fingerprint density at radius 2 is 1.72 bits per heavy atom. The van der Waals surface area contributed by atoms with Gasteiger partial charge in [0.05, 0.1) is 27.1 Å². The summed E-state index contributed by atoms with van der Waals surface area (Å²) < 4.78 is 27.7. The number of nitrogens with one attached hydrogen (secondary N) is 2. The Balaban J connectivity index is 1.78. The predicted molar refractivity (Wildman–Crippen MR) is 110 cm³/mol. The fraction of sp³-hybridized carbons (Fsp3) is 0.150. The monoisotopic (exact) mass is 413 g/mol. The molecule has 2 N–H and O–H groups in total. The molecule has 0 aliphatic rings. The highest BCUT2D eigenvalue weighted by molar-refractivity contribution is 7.89. The van der Waals surface area contributed by atoms with Crippen molar-refractivity contribution in [3.63, 3.8) is 0 Å². The average molecular weight is 413 g/mol. The number of hydrogen-bond donors (Lipinski definition) is 2. The highest BCUT2D eigenvalue weighted by atomic mass is 32.2. The van der Waals surface area contributed by atoms with Gasteiger partial charge in [0.25, 0.3) is 5.69 Å². The van der Waals surface area contributed by atoms with Gasteiger partial charge >= 0.3 is 0 Å². The van der Waals surface area contributed by atoms with Crippen LogP contribution >= 0.6 is 0 Å². The van der Waals surface area contributed by atoms with Crippen LogP contribution in [-0.4, -0.2) is 25.3 Å². The molecule has 3 aromatic carbocycles. The second kappa shape index (κ2) is 7.98. The fourth-order valence-corrected chi connectivity index (χ4v) is 4.12. The minimum Gasteiger partial charge on any atom is -0.324 e. The number of nitrogens with zero attached hydrogens (tertiary/aromatic N) is 1. The molecule has 0 fully saturated rings. The Morgan fingerprint density at radius 3 is 2.41 bits per heavy atom. The van der Waals surface area contributed by atoms with Crippen molar-refractivity contribution in [1.29, 1.82) is 0 Å². The molecule has 0 heterocycles. The Labute approximate surface area is 167 Å². The van der Waals surface area contributed by atoms with E-state index in [0.29, 0.717) is 0 Å². The first kappa shape index (κ1) is 20.4. The van der Waals surface area contributed by atoms with Crippen molar-refractivity contribution < 1.29 is 18.1 Å². The summed E-state index contributed by atoms with van der Waals surface area (Å²) in [5.41, 5.74) is 0.406. The lowest BCUT2D eigenvalue weighted by Crippen LogP contribution is -2.41. The van der Waals surface area contributed by atoms with Crippen LogP contribution in [0.15, 0.2) is 65.6 Å². The van der Waals surface area contributed by atoms with Crippen LogP contribution in [0.3, 0.4) is 0 Å². The molecule has 0 spiro atoms. The Morgan fingerprint density at radius 1 is 1.03 bits per heavy atom. The first-order valence-corrected chi connectivity index (χ1v) is 10.2. The van der Waals surface area contributed by atoms with E-state index in [4.69, 9.17) is 0 Å². The van der Waals surface area contributed by atoms with Crippen LogP contribution in [0, 0.1) is 17.0 Å². The molecule has 0 saturated heterocycles. The normalized spacial score (nSPS) is 12.5. The van der Waals surface area contributed by atoms with E-state index < -0.39 is 26.9 Å². The number of sulfonamides is 1. The summed E-state index contributed by atoms with van der Waals surface area (Å²) in [6.45, 7) is 2.91. The van der Waals surface area contributed by atoms with Crippen molar-refractivity contribution in [1.82, 2.24) is 4.72 Å². The topological polar surface area (TPSA) is 118 Å². The SMILES string of the molecule is Cc1c(NC(=O)[C@@H](C)NS(=O)(=O)c2ccc3ccccc3c2)cccc1[N+](=O)[O-]. The Hall–Kier alpha value is -3.30. The number of benzene rings is 3. The molecule has 8 nitrogen and oxygen atoms in total. The number of nitro benzene ring substituents is 1. The number of fused-ring (bicyclic) bond motifs is 1. The molecular formula is C20H19N3O5S. The van der Waals surface area contributed by atoms with Gasteiger partial charge in [-0.25, -0.2) is 8.42 Å². The van der Waals surface area contributed by atoms with Gasteiger partial charge in [-0.05, 0) is 42.8 Å². The summed E-state index contributed by atoms with van der Waals surface area (Å²) in [4.78, 5) is 23.0. The van der Waals surface area contributed by atoms with Crippen LogP contribution in [0.2, 0.25) is 0 Å². The van der Waals surface area contributed by atoms with E-state index >= 15 is 0 Å². The molecule has 0 aliphatic heterocycles. The number of rotatable bonds is 6. The van der Waals surface area contributed by atoms with Crippen molar-refractivity contribution >= 4 is 38.1 Å². The first-order valence-electron chi connectivity index (χ1n) is 8.75. The van der Waals surface area contributed by atoms with E-state index in [1.807, 2.05) is 18.2 Å². The average Bonchev–Trinajstić information content (AvgIpc) is 2.68. The summed E-state index contributed by atoms with van der Waals surface area (Å²) in [5.74, 6) is -0.627. The zero-order valence-corrected chi connectivity index (χ0v) is 16.6. The van der Waals surface area contributed by atoms with Gasteiger partial charge in [-0.15, -0.1) is 0 Å². The van der Waals surface area contributed by atoms with Crippen molar-refractivity contribution in [2.75, 3.05) is 5.32 Å². The fourth-order valence-electron chi connectivity index (χ4n) is 2.89. The molecule has 1 atom stereocenters. The smallest absolute Gasteiger partial charge is 0.274 e. The molecule has 1 amide bonds. The lowest BCUT2D eigenvalue weighted by molar-refractivity contribution is -0.385. The van der Waals surface area contributed by atoms with Crippen LogP contribution in [0.25, 0.3) is 10.8 Å². The van der Waals surface area contributed by atoms with E-state index in [2.05, 4.69) is 10.0 Å². The highest BCUT2D eigenvalue weighted by Gasteiger charge is 2.23. The van der Waals surface area contributed by atoms with E-state index in [9.17, 15) is 23.3 Å². The van der Waals surface area contributed by atoms with Crippen LogP contribution in [-0.2, 0) is 14.8 Å². The maximum atomic E-state index is 12.7. The minimum atomic E-state index is -3.94. The molecule has 3 aromatic rings. The third-order valence-corrected chi connectivity index (χ3v) is 6.05. The van der Waals surface area contributed by atoms with Gasteiger partial charge in [0.15, 0.2) is 0 Å². The predicted octanol–water partition coefficient (Wildman–Crippen LogP) is 3.36. The van der Waals surface area contributed by atoms with Crippen molar-refractivity contribution in [2.45, 2.75) is 24.8 Å². The van der Waals surface area contributed by atoms with Crippen molar-refractivity contribution in [3.8, 4) is 0 Å². The van der Waals surface area contributed by atoms with E-state index in [1.165, 1.54) is 44.2 Å². The minimum absolute atomic E-state index is 0.0439. The van der Waals surface area contributed by atoms with Gasteiger partial charge in [0, 0.05) is 6.07 Å². The summed E-state index contributed by atoms with van der Waals surface area (Å²) in [5, 5.41) is 15.2. The van der Waals surface area contributed by atoms with Gasteiger partial charge in [-0.2, -0.15) is 4.72 Å². The van der Waals surface area contributed by atoms with E-state index in [-0.39, 0.29) is 21.8 Å². The third kappa shape index (κ3) is 4.41. The van der Waals surface area contributed by atoms with Gasteiger partial charge in [0.1, 0.15) is 0 Å². The van der Waals surface area contributed by atoms with Gasteiger partial charge in [-0.3, -0.25) is 14.9 Å². The quantitative estimate of drug-likeness (QED) is 0.474. The van der Waals surface area contributed by atoms with Crippen molar-refractivity contribution in [2.24, 2.45) is 0 Å². The number of carbonyl (C=O) groups excluding carboxylic acids is 1. The lowest BCUT2D eigenvalue weighted by atomic mass is 10.1. The van der Waals surface area contributed by atoms with Crippen molar-refractivity contribution in [3.05, 3.63) is 76.3 Å². The molecule has 150 valence electrons. The summed E-state index contributed by atoms with van der Waals surface area (Å²) in [6.07, 6.45) is 0. The summed E-state index contributed by atoms with van der Waals surface area (Å²) in [6, 6.07) is 15.2. The maximum Gasteiger partial charge on any atom is 0.274 e. The summed E-state index contributed by atoms with van der Waals surface area (Å²) in [7, 11) is -3.94. The van der Waals surface area contributed by atoms with Gasteiger partial charge < -0.3 is 5.32 Å². The molecular weight excluding hydrogens is 394 g/mol. The van der Waals surface area contributed by atoms with Crippen LogP contribution in [0.1, 0.15) is 12.5 Å². The molecule has 0 unspecified atom stereocenters. The Bertz CT molecular complexity index is 1210. The number of anilines is 1. The molecule has 0 aromatic heterocycles. The second-order valence-corrected chi connectivity index (χ2v) is 8.26. The molecule has 29 heavy (non-hydrogen) atoms. The molecule has 3 rings (SSSR count). The standard InChI is InChI=1S/C20H19N3O5S/c1-13-18(8-5-9-19(13)23(25)26)21-20(24)14(2)22-29(27,28)17-11-10-15-6-3-4-7-16(15)12-17/h3-12,14,22H,1-2H3,(H,21,24)/t14-/m1/s1. The van der Waals surface area contributed by atoms with Gasteiger partial charge in [-0.1, -0.05) is 36.4 Å². The maximum absolute atomic E-state index is 12.7. The number of nitro groups is 1. The highest BCUT2D eigenvalue weighted by Crippen LogP contribution is 2.25. The molecule has 0 radical (unpaired) electrons. The Kier molecular flexibility index (Phi) is 5.62. The third-order valence-electron chi connectivity index (χ3n) is 4.52. The number of hydrogen-bond acceptors (Lipinski definition) is 5. The largest absolute Gasteiger partial charge is 0.324 e. The molecule has 0 aliphatic carbocycles. The zero-order chi connectivity index (χ0) is 21.2. The van der Waals surface area contributed by atoms with E-state index in [0.717, 1.165) is 10.8 Å². The molecule has 0 saturated carbocycles. The molecule has 9 heteroatoms. The van der Waals surface area contributed by atoms with Crippen LogP contribution < -0.4 is 10.0 Å². The summed E-state index contributed by atoms with van der Waals surface area (Å²) >= 11 is 0. The zero-order valence-electron chi connectivity index (χ0n) is 15.7. The van der Waals surface area contributed by atoms with Crippen LogP contribution in [0.5, 0.6) is 0 Å². The second-order valence-electron chi connectivity index (χ2n) is 6.55. The van der Waals surface area contributed by atoms with Crippen LogP contribution in [0.4, 0.5) is 11.4 Å².